The highest BCUT2D eigenvalue weighted by Gasteiger charge is 2.53. The minimum Gasteiger partial charge on any atom is -0.390 e. The second-order valence-corrected chi connectivity index (χ2v) is 10.5. The molecule has 4 aliphatic rings. The highest BCUT2D eigenvalue weighted by atomic mass is 16.3. The third-order valence-corrected chi connectivity index (χ3v) is 8.82. The molecule has 1 aromatic rings. The van der Waals surface area contributed by atoms with E-state index in [9.17, 15) is 9.90 Å². The molecule has 5 rings (SSSR count). The summed E-state index contributed by atoms with van der Waals surface area (Å²) in [4.78, 5) is 14.5. The van der Waals surface area contributed by atoms with E-state index in [0.717, 1.165) is 48.9 Å². The van der Waals surface area contributed by atoms with E-state index in [1.54, 1.807) is 0 Å². The van der Waals surface area contributed by atoms with E-state index < -0.39 is 5.60 Å². The fourth-order valence-corrected chi connectivity index (χ4v) is 7.79. The Morgan fingerprint density at radius 1 is 1.04 bits per heavy atom. The molecule has 4 aliphatic carbocycles. The van der Waals surface area contributed by atoms with Crippen molar-refractivity contribution in [2.24, 2.45) is 41.4 Å². The number of rotatable bonds is 3. The van der Waals surface area contributed by atoms with Crippen LogP contribution in [0.5, 0.6) is 0 Å². The van der Waals surface area contributed by atoms with Crippen LogP contribution in [0, 0.1) is 48.3 Å². The topological polar surface area (TPSA) is 80.9 Å². The van der Waals surface area contributed by atoms with Crippen LogP contribution in [0.25, 0.3) is 0 Å². The number of hydrogen-bond acceptors (Lipinski definition) is 5. The molecule has 0 bridgehead atoms. The number of fused-ring (bicyclic) bond motifs is 5. The lowest BCUT2D eigenvalue weighted by Gasteiger charge is -2.54. The summed E-state index contributed by atoms with van der Waals surface area (Å²) in [7, 11) is 0. The number of ketones is 1. The van der Waals surface area contributed by atoms with Gasteiger partial charge in [0.2, 0.25) is 0 Å². The Morgan fingerprint density at radius 3 is 2.50 bits per heavy atom. The van der Waals surface area contributed by atoms with Gasteiger partial charge in [-0.15, -0.1) is 10.2 Å². The van der Waals surface area contributed by atoms with E-state index in [4.69, 9.17) is 0 Å². The number of carbonyl (C=O) groups excluding carboxylic acids is 1. The van der Waals surface area contributed by atoms with E-state index >= 15 is 0 Å². The zero-order valence-corrected chi connectivity index (χ0v) is 17.3. The van der Waals surface area contributed by atoms with Gasteiger partial charge in [-0.2, -0.15) is 4.80 Å². The third kappa shape index (κ3) is 3.21. The molecule has 0 spiro atoms. The fraction of sp³-hybridized carbons (Fsp3) is 0.909. The molecular weight excluding hydrogens is 352 g/mol. The standard InChI is InChI=1S/C22H34N4O2/c1-13-23-25-26(24-13)12-21(27)20-8-7-18-17-4-3-14-11-22(2,28)10-9-15(14)16(17)5-6-19(18)20/h14-20,28H,3-12H2,1-2H3/t14-,15-,16+,17+,18-,19-,20-,22+/m0/s1. The zero-order chi connectivity index (χ0) is 19.5. The first-order valence-electron chi connectivity index (χ1n) is 11.4. The molecule has 4 saturated carbocycles. The maximum atomic E-state index is 13.0. The Balaban J connectivity index is 1.27. The van der Waals surface area contributed by atoms with Crippen LogP contribution in [0.3, 0.4) is 0 Å². The average Bonchev–Trinajstić information content (AvgIpc) is 3.26. The van der Waals surface area contributed by atoms with Crippen LogP contribution in [0.4, 0.5) is 0 Å². The molecule has 6 nitrogen and oxygen atoms in total. The van der Waals surface area contributed by atoms with Gasteiger partial charge in [-0.1, -0.05) is 0 Å². The van der Waals surface area contributed by atoms with Gasteiger partial charge < -0.3 is 5.11 Å². The van der Waals surface area contributed by atoms with Crippen LogP contribution in [-0.2, 0) is 11.3 Å². The lowest BCUT2D eigenvalue weighted by molar-refractivity contribution is -0.127. The van der Waals surface area contributed by atoms with Crippen molar-refractivity contribution in [1.82, 2.24) is 20.2 Å². The van der Waals surface area contributed by atoms with Crippen LogP contribution in [0.1, 0.15) is 70.5 Å². The maximum Gasteiger partial charge on any atom is 0.171 e. The molecule has 0 unspecified atom stereocenters. The number of tetrazole rings is 1. The number of hydrogen-bond donors (Lipinski definition) is 1. The molecule has 1 aromatic heterocycles. The van der Waals surface area contributed by atoms with Gasteiger partial charge in [-0.25, -0.2) is 0 Å². The molecule has 1 N–H and O–H groups in total. The molecule has 1 heterocycles. The monoisotopic (exact) mass is 386 g/mol. The molecule has 6 heteroatoms. The van der Waals surface area contributed by atoms with Crippen LogP contribution in [0.15, 0.2) is 0 Å². The van der Waals surface area contributed by atoms with E-state index in [0.29, 0.717) is 17.5 Å². The van der Waals surface area contributed by atoms with Gasteiger partial charge in [0.1, 0.15) is 6.54 Å². The van der Waals surface area contributed by atoms with Gasteiger partial charge >= 0.3 is 0 Å². The van der Waals surface area contributed by atoms with Gasteiger partial charge in [0.25, 0.3) is 0 Å². The molecule has 0 amide bonds. The summed E-state index contributed by atoms with van der Waals surface area (Å²) in [6.07, 6.45) is 10.5. The predicted molar refractivity (Wildman–Crippen MR) is 104 cm³/mol. The molecule has 0 aliphatic heterocycles. The summed E-state index contributed by atoms with van der Waals surface area (Å²) in [5, 5.41) is 22.6. The average molecular weight is 387 g/mol. The zero-order valence-electron chi connectivity index (χ0n) is 17.3. The van der Waals surface area contributed by atoms with Crippen molar-refractivity contribution in [3.8, 4) is 0 Å². The number of nitrogens with zero attached hydrogens (tertiary/aromatic N) is 4. The molecule has 0 radical (unpaired) electrons. The molecule has 0 aromatic carbocycles. The number of Topliss-reactive ketones (excluding diaryl/α,β-unsaturated/α-hetero) is 1. The maximum absolute atomic E-state index is 13.0. The molecular formula is C22H34N4O2. The van der Waals surface area contributed by atoms with Crippen molar-refractivity contribution in [2.45, 2.75) is 83.8 Å². The van der Waals surface area contributed by atoms with E-state index in [1.165, 1.54) is 43.3 Å². The van der Waals surface area contributed by atoms with E-state index in [1.807, 2.05) is 13.8 Å². The molecule has 4 fully saturated rings. The van der Waals surface area contributed by atoms with Gasteiger partial charge in [0, 0.05) is 5.92 Å². The van der Waals surface area contributed by atoms with Crippen LogP contribution in [0.2, 0.25) is 0 Å². The minimum atomic E-state index is -0.441. The third-order valence-electron chi connectivity index (χ3n) is 8.82. The Morgan fingerprint density at radius 2 is 1.71 bits per heavy atom. The second kappa shape index (κ2) is 6.89. The molecule has 28 heavy (non-hydrogen) atoms. The van der Waals surface area contributed by atoms with E-state index in [2.05, 4.69) is 15.4 Å². The van der Waals surface area contributed by atoms with Crippen molar-refractivity contribution < 1.29 is 9.90 Å². The van der Waals surface area contributed by atoms with Crippen LogP contribution >= 0.6 is 0 Å². The Labute approximate surface area is 167 Å². The van der Waals surface area contributed by atoms with Crippen LogP contribution in [-0.4, -0.2) is 36.7 Å². The summed E-state index contributed by atoms with van der Waals surface area (Å²) in [6.45, 7) is 4.12. The van der Waals surface area contributed by atoms with Crippen molar-refractivity contribution in [3.63, 3.8) is 0 Å². The van der Waals surface area contributed by atoms with Gasteiger partial charge in [0.15, 0.2) is 11.6 Å². The summed E-state index contributed by atoms with van der Waals surface area (Å²) in [5.74, 6) is 5.63. The lowest BCUT2D eigenvalue weighted by Crippen LogP contribution is -2.48. The first-order chi connectivity index (χ1) is 13.4. The first-order valence-corrected chi connectivity index (χ1v) is 11.4. The lowest BCUT2D eigenvalue weighted by atomic mass is 9.52. The van der Waals surface area contributed by atoms with Crippen molar-refractivity contribution in [1.29, 1.82) is 0 Å². The first kappa shape index (κ1) is 18.7. The molecule has 0 saturated heterocycles. The number of aliphatic hydroxyl groups is 1. The number of aryl methyl sites for hydroxylation is 1. The predicted octanol–water partition coefficient (Wildman–Crippen LogP) is 3.18. The van der Waals surface area contributed by atoms with Crippen LogP contribution < -0.4 is 0 Å². The second-order valence-electron chi connectivity index (χ2n) is 10.5. The Kier molecular flexibility index (Phi) is 4.61. The number of aromatic nitrogens is 4. The van der Waals surface area contributed by atoms with Crippen molar-refractivity contribution in [3.05, 3.63) is 5.82 Å². The highest BCUT2D eigenvalue weighted by molar-refractivity contribution is 5.81. The van der Waals surface area contributed by atoms with Crippen molar-refractivity contribution >= 4 is 5.78 Å². The van der Waals surface area contributed by atoms with Gasteiger partial charge in [-0.3, -0.25) is 4.79 Å². The quantitative estimate of drug-likeness (QED) is 0.863. The smallest absolute Gasteiger partial charge is 0.171 e. The minimum absolute atomic E-state index is 0.196. The number of carbonyl (C=O) groups is 1. The highest BCUT2D eigenvalue weighted by Crippen LogP contribution is 2.59. The summed E-state index contributed by atoms with van der Waals surface area (Å²) in [5.41, 5.74) is -0.441. The molecule has 154 valence electrons. The van der Waals surface area contributed by atoms with Gasteiger partial charge in [0.05, 0.1) is 5.60 Å². The summed E-state index contributed by atoms with van der Waals surface area (Å²) in [6, 6.07) is 0. The summed E-state index contributed by atoms with van der Waals surface area (Å²) < 4.78 is 0. The largest absolute Gasteiger partial charge is 0.390 e. The van der Waals surface area contributed by atoms with E-state index in [-0.39, 0.29) is 12.5 Å². The Bertz CT molecular complexity index is 745. The fourth-order valence-electron chi connectivity index (χ4n) is 7.79. The summed E-state index contributed by atoms with van der Waals surface area (Å²) >= 11 is 0. The Hall–Kier alpha value is -1.30. The molecule has 8 atom stereocenters. The normalized spacial score (nSPS) is 45.2. The van der Waals surface area contributed by atoms with Gasteiger partial charge in [-0.05, 0) is 112 Å². The SMILES string of the molecule is Cc1nnn(CC(=O)[C@H]2CC[C@H]3[C@@H]4CC[C@H]5C[C@](C)(O)CC[C@@H]5[C@H]4CC[C@@H]32)n1. The van der Waals surface area contributed by atoms with Crippen molar-refractivity contribution in [2.75, 3.05) is 0 Å².